The SMILES string of the molecule is CCC1Cc2ccccc2CN1C. The number of rotatable bonds is 1. The molecule has 0 amide bonds. The Morgan fingerprint density at radius 3 is 2.69 bits per heavy atom. The summed E-state index contributed by atoms with van der Waals surface area (Å²) in [4.78, 5) is 2.46. The minimum Gasteiger partial charge on any atom is -0.299 e. The third kappa shape index (κ3) is 1.61. The maximum absolute atomic E-state index is 2.46. The van der Waals surface area contributed by atoms with E-state index in [4.69, 9.17) is 0 Å². The van der Waals surface area contributed by atoms with Gasteiger partial charge < -0.3 is 0 Å². The minimum absolute atomic E-state index is 0.745. The molecule has 0 saturated heterocycles. The largest absolute Gasteiger partial charge is 0.299 e. The molecule has 0 spiro atoms. The number of likely N-dealkylation sites (N-methyl/N-ethyl adjacent to an activating group) is 1. The molecular weight excluding hydrogens is 158 g/mol. The summed E-state index contributed by atoms with van der Waals surface area (Å²) in [5, 5.41) is 0. The number of benzene rings is 1. The van der Waals surface area contributed by atoms with Crippen LogP contribution in [0.1, 0.15) is 24.5 Å². The molecule has 1 aromatic carbocycles. The molecule has 1 aliphatic heterocycles. The molecule has 1 heterocycles. The van der Waals surface area contributed by atoms with Gasteiger partial charge in [0.2, 0.25) is 0 Å². The second-order valence-corrected chi connectivity index (χ2v) is 3.95. The predicted molar refractivity (Wildman–Crippen MR) is 55.7 cm³/mol. The molecule has 2 rings (SSSR count). The molecule has 0 fully saturated rings. The Labute approximate surface area is 80.4 Å². The third-order valence-corrected chi connectivity index (χ3v) is 3.09. The Hall–Kier alpha value is -0.820. The molecule has 0 aliphatic carbocycles. The van der Waals surface area contributed by atoms with E-state index in [9.17, 15) is 0 Å². The van der Waals surface area contributed by atoms with E-state index in [1.807, 2.05) is 0 Å². The van der Waals surface area contributed by atoms with Crippen LogP contribution in [0, 0.1) is 0 Å². The molecule has 1 aromatic rings. The summed E-state index contributed by atoms with van der Waals surface area (Å²) in [6.07, 6.45) is 2.48. The molecular formula is C12H17N. The maximum Gasteiger partial charge on any atom is 0.0236 e. The number of hydrogen-bond donors (Lipinski definition) is 0. The Kier molecular flexibility index (Phi) is 2.36. The van der Waals surface area contributed by atoms with Crippen LogP contribution in [-0.2, 0) is 13.0 Å². The van der Waals surface area contributed by atoms with Crippen molar-refractivity contribution in [2.24, 2.45) is 0 Å². The zero-order valence-electron chi connectivity index (χ0n) is 8.46. The van der Waals surface area contributed by atoms with Crippen LogP contribution in [0.2, 0.25) is 0 Å². The highest BCUT2D eigenvalue weighted by Crippen LogP contribution is 2.22. The van der Waals surface area contributed by atoms with E-state index in [0.717, 1.165) is 12.6 Å². The molecule has 1 heteroatoms. The van der Waals surface area contributed by atoms with Crippen LogP contribution in [0.4, 0.5) is 0 Å². The van der Waals surface area contributed by atoms with Crippen molar-refractivity contribution in [3.8, 4) is 0 Å². The van der Waals surface area contributed by atoms with Gasteiger partial charge >= 0.3 is 0 Å². The summed E-state index contributed by atoms with van der Waals surface area (Å²) in [6.45, 7) is 3.39. The van der Waals surface area contributed by atoms with Crippen LogP contribution in [0.15, 0.2) is 24.3 Å². The van der Waals surface area contributed by atoms with Crippen molar-refractivity contribution in [2.75, 3.05) is 7.05 Å². The van der Waals surface area contributed by atoms with E-state index in [-0.39, 0.29) is 0 Å². The van der Waals surface area contributed by atoms with E-state index in [0.29, 0.717) is 0 Å². The van der Waals surface area contributed by atoms with Gasteiger partial charge in [0.25, 0.3) is 0 Å². The fourth-order valence-electron chi connectivity index (χ4n) is 2.17. The van der Waals surface area contributed by atoms with Crippen molar-refractivity contribution in [3.63, 3.8) is 0 Å². The second kappa shape index (κ2) is 3.51. The van der Waals surface area contributed by atoms with Crippen molar-refractivity contribution in [1.29, 1.82) is 0 Å². The number of fused-ring (bicyclic) bond motifs is 1. The van der Waals surface area contributed by atoms with Crippen molar-refractivity contribution in [1.82, 2.24) is 4.90 Å². The summed E-state index contributed by atoms with van der Waals surface area (Å²) in [6, 6.07) is 9.55. The lowest BCUT2D eigenvalue weighted by Crippen LogP contribution is -2.36. The van der Waals surface area contributed by atoms with Crippen molar-refractivity contribution in [2.45, 2.75) is 32.4 Å². The maximum atomic E-state index is 2.46. The van der Waals surface area contributed by atoms with Gasteiger partial charge in [0.05, 0.1) is 0 Å². The Morgan fingerprint density at radius 1 is 1.31 bits per heavy atom. The minimum atomic E-state index is 0.745. The summed E-state index contributed by atoms with van der Waals surface area (Å²) in [5.74, 6) is 0. The fraction of sp³-hybridized carbons (Fsp3) is 0.500. The average molecular weight is 175 g/mol. The molecule has 1 unspecified atom stereocenters. The molecule has 1 aliphatic rings. The van der Waals surface area contributed by atoms with Gasteiger partial charge in [-0.05, 0) is 31.0 Å². The lowest BCUT2D eigenvalue weighted by Gasteiger charge is -2.33. The van der Waals surface area contributed by atoms with Crippen molar-refractivity contribution >= 4 is 0 Å². The van der Waals surface area contributed by atoms with Crippen LogP contribution < -0.4 is 0 Å². The Bertz CT molecular complexity index is 293. The van der Waals surface area contributed by atoms with Gasteiger partial charge in [-0.3, -0.25) is 4.90 Å². The smallest absolute Gasteiger partial charge is 0.0236 e. The topological polar surface area (TPSA) is 3.24 Å². The zero-order chi connectivity index (χ0) is 9.26. The quantitative estimate of drug-likeness (QED) is 0.633. The highest BCUT2D eigenvalue weighted by Gasteiger charge is 2.20. The van der Waals surface area contributed by atoms with E-state index in [1.54, 1.807) is 5.56 Å². The first-order chi connectivity index (χ1) is 6.31. The molecule has 0 saturated carbocycles. The highest BCUT2D eigenvalue weighted by atomic mass is 15.1. The lowest BCUT2D eigenvalue weighted by molar-refractivity contribution is 0.210. The monoisotopic (exact) mass is 175 g/mol. The van der Waals surface area contributed by atoms with Gasteiger partial charge in [0.15, 0.2) is 0 Å². The summed E-state index contributed by atoms with van der Waals surface area (Å²) in [5.41, 5.74) is 3.06. The molecule has 1 atom stereocenters. The first-order valence-electron chi connectivity index (χ1n) is 5.08. The van der Waals surface area contributed by atoms with Gasteiger partial charge in [-0.25, -0.2) is 0 Å². The van der Waals surface area contributed by atoms with Crippen molar-refractivity contribution < 1.29 is 0 Å². The van der Waals surface area contributed by atoms with E-state index < -0.39 is 0 Å². The zero-order valence-corrected chi connectivity index (χ0v) is 8.46. The molecule has 0 bridgehead atoms. The molecule has 0 aromatic heterocycles. The number of hydrogen-bond acceptors (Lipinski definition) is 1. The van der Waals surface area contributed by atoms with E-state index >= 15 is 0 Å². The molecule has 13 heavy (non-hydrogen) atoms. The van der Waals surface area contributed by atoms with Crippen LogP contribution in [0.5, 0.6) is 0 Å². The van der Waals surface area contributed by atoms with E-state index in [2.05, 4.69) is 43.1 Å². The van der Waals surface area contributed by atoms with Gasteiger partial charge in [-0.1, -0.05) is 31.2 Å². The lowest BCUT2D eigenvalue weighted by atomic mass is 9.93. The van der Waals surface area contributed by atoms with Crippen LogP contribution in [0.25, 0.3) is 0 Å². The van der Waals surface area contributed by atoms with Crippen molar-refractivity contribution in [3.05, 3.63) is 35.4 Å². The second-order valence-electron chi connectivity index (χ2n) is 3.95. The summed E-state index contributed by atoms with van der Waals surface area (Å²) in [7, 11) is 2.23. The van der Waals surface area contributed by atoms with Gasteiger partial charge in [0, 0.05) is 12.6 Å². The van der Waals surface area contributed by atoms with Gasteiger partial charge in [-0.2, -0.15) is 0 Å². The van der Waals surface area contributed by atoms with Gasteiger partial charge in [-0.15, -0.1) is 0 Å². The van der Waals surface area contributed by atoms with Crippen LogP contribution in [-0.4, -0.2) is 18.0 Å². The highest BCUT2D eigenvalue weighted by molar-refractivity contribution is 5.29. The Balaban J connectivity index is 2.27. The van der Waals surface area contributed by atoms with Gasteiger partial charge in [0.1, 0.15) is 0 Å². The number of nitrogens with zero attached hydrogens (tertiary/aromatic N) is 1. The molecule has 70 valence electrons. The molecule has 0 radical (unpaired) electrons. The summed E-state index contributed by atoms with van der Waals surface area (Å²) >= 11 is 0. The first-order valence-corrected chi connectivity index (χ1v) is 5.08. The predicted octanol–water partition coefficient (Wildman–Crippen LogP) is 2.45. The average Bonchev–Trinajstić information content (AvgIpc) is 2.17. The fourth-order valence-corrected chi connectivity index (χ4v) is 2.17. The normalized spacial score (nSPS) is 22.8. The standard InChI is InChI=1S/C12H17N/c1-3-12-8-10-6-4-5-7-11(10)9-13(12)2/h4-7,12H,3,8-9H2,1-2H3. The molecule has 1 nitrogen and oxygen atoms in total. The van der Waals surface area contributed by atoms with Crippen LogP contribution >= 0.6 is 0 Å². The van der Waals surface area contributed by atoms with E-state index in [1.165, 1.54) is 18.4 Å². The third-order valence-electron chi connectivity index (χ3n) is 3.09. The first kappa shape index (κ1) is 8.76. The van der Waals surface area contributed by atoms with Crippen LogP contribution in [0.3, 0.4) is 0 Å². The summed E-state index contributed by atoms with van der Waals surface area (Å²) < 4.78 is 0. The molecule has 0 N–H and O–H groups in total. The Morgan fingerprint density at radius 2 is 2.00 bits per heavy atom.